The second-order valence-electron chi connectivity index (χ2n) is 7.81. The second kappa shape index (κ2) is 9.00. The smallest absolute Gasteiger partial charge is 0.416 e. The first kappa shape index (κ1) is 20.0. The number of hydrogen-bond donors (Lipinski definition) is 0. The number of nitrogens with zero attached hydrogens (tertiary/aromatic N) is 4. The molecule has 1 amide bonds. The Bertz CT molecular complexity index is 820. The summed E-state index contributed by atoms with van der Waals surface area (Å²) in [5.41, 5.74) is 1.15. The molecule has 4 rings (SSSR count). The van der Waals surface area contributed by atoms with Crippen LogP contribution in [0.1, 0.15) is 31.2 Å². The van der Waals surface area contributed by atoms with Crippen LogP contribution in [0.5, 0.6) is 11.6 Å². The molecule has 1 aliphatic heterocycles. The Morgan fingerprint density at radius 2 is 2.14 bits per heavy atom. The molecule has 1 aromatic heterocycles. The summed E-state index contributed by atoms with van der Waals surface area (Å²) in [5.74, 6) is 1.23. The number of rotatable bonds is 7. The number of halogens is 1. The van der Waals surface area contributed by atoms with Gasteiger partial charge in [-0.25, -0.2) is 9.42 Å². The van der Waals surface area contributed by atoms with E-state index in [1.165, 1.54) is 23.9 Å². The molecule has 2 aliphatic rings. The van der Waals surface area contributed by atoms with Crippen LogP contribution in [0.4, 0.5) is 4.79 Å². The molecular weight excluding hydrogens is 396 g/mol. The van der Waals surface area contributed by atoms with E-state index >= 15 is 0 Å². The molecule has 0 radical (unpaired) electrons. The van der Waals surface area contributed by atoms with E-state index in [0.717, 1.165) is 48.8 Å². The third kappa shape index (κ3) is 5.19. The number of benzene rings is 1. The lowest BCUT2D eigenvalue weighted by atomic mass is 9.82. The van der Waals surface area contributed by atoms with Gasteiger partial charge in [-0.05, 0) is 67.5 Å². The molecule has 2 heterocycles. The quantitative estimate of drug-likeness (QED) is 0.676. The summed E-state index contributed by atoms with van der Waals surface area (Å²) < 4.78 is 15.5. The van der Waals surface area contributed by atoms with Crippen molar-refractivity contribution in [3.8, 4) is 11.6 Å². The minimum absolute atomic E-state index is 0.0572. The van der Waals surface area contributed by atoms with E-state index in [2.05, 4.69) is 25.9 Å². The van der Waals surface area contributed by atoms with Crippen molar-refractivity contribution >= 4 is 17.7 Å². The SMILES string of the molecule is CN(CC1CC(Oc2ccc(CN3CCCC3)c(Cl)c2)C1)C(=O)Oc1cnon1. The maximum absolute atomic E-state index is 12.0. The normalized spacial score (nSPS) is 21.6. The lowest BCUT2D eigenvalue weighted by Crippen LogP contribution is -2.42. The molecule has 0 N–H and O–H groups in total. The van der Waals surface area contributed by atoms with Crippen molar-refractivity contribution in [3.05, 3.63) is 35.0 Å². The Kier molecular flexibility index (Phi) is 6.20. The molecule has 9 heteroatoms. The molecule has 0 spiro atoms. The Labute approximate surface area is 174 Å². The minimum atomic E-state index is -0.481. The molecule has 156 valence electrons. The highest BCUT2D eigenvalue weighted by molar-refractivity contribution is 6.31. The number of ether oxygens (including phenoxy) is 2. The van der Waals surface area contributed by atoms with Crippen LogP contribution in [0.3, 0.4) is 0 Å². The third-order valence-corrected chi connectivity index (χ3v) is 5.84. The van der Waals surface area contributed by atoms with Crippen molar-refractivity contribution in [1.82, 2.24) is 20.1 Å². The fraction of sp³-hybridized carbons (Fsp3) is 0.550. The van der Waals surface area contributed by atoms with Gasteiger partial charge in [-0.1, -0.05) is 22.8 Å². The minimum Gasteiger partial charge on any atom is -0.490 e. The van der Waals surface area contributed by atoms with Crippen molar-refractivity contribution < 1.29 is 18.9 Å². The molecule has 1 saturated carbocycles. The summed E-state index contributed by atoms with van der Waals surface area (Å²) in [5, 5.41) is 7.62. The summed E-state index contributed by atoms with van der Waals surface area (Å²) in [6, 6.07) is 5.98. The van der Waals surface area contributed by atoms with Gasteiger partial charge in [0.2, 0.25) is 0 Å². The van der Waals surface area contributed by atoms with E-state index in [1.807, 2.05) is 12.1 Å². The van der Waals surface area contributed by atoms with E-state index in [4.69, 9.17) is 21.1 Å². The van der Waals surface area contributed by atoms with Crippen LogP contribution in [0.25, 0.3) is 0 Å². The first-order valence-electron chi connectivity index (χ1n) is 9.95. The molecule has 0 unspecified atom stereocenters. The van der Waals surface area contributed by atoms with Crippen molar-refractivity contribution in [2.45, 2.75) is 38.3 Å². The van der Waals surface area contributed by atoms with Crippen molar-refractivity contribution in [1.29, 1.82) is 0 Å². The second-order valence-corrected chi connectivity index (χ2v) is 8.22. The van der Waals surface area contributed by atoms with Gasteiger partial charge in [0.25, 0.3) is 5.88 Å². The predicted molar refractivity (Wildman–Crippen MR) is 106 cm³/mol. The standard InChI is InChI=1S/C20H25ClN4O4/c1-24(20(26)28-19-11-22-29-23-19)12-14-8-17(9-14)27-16-5-4-15(18(21)10-16)13-25-6-2-3-7-25/h4-5,10-11,14,17H,2-3,6-9,12-13H2,1H3. The Hall–Kier alpha value is -2.32. The highest BCUT2D eigenvalue weighted by atomic mass is 35.5. The Balaban J connectivity index is 1.20. The van der Waals surface area contributed by atoms with Crippen molar-refractivity contribution in [3.63, 3.8) is 0 Å². The molecule has 1 saturated heterocycles. The number of hydrogen-bond acceptors (Lipinski definition) is 7. The first-order valence-corrected chi connectivity index (χ1v) is 10.3. The van der Waals surface area contributed by atoms with E-state index < -0.39 is 6.09 Å². The van der Waals surface area contributed by atoms with E-state index in [1.54, 1.807) is 7.05 Å². The summed E-state index contributed by atoms with van der Waals surface area (Å²) in [6.07, 6.45) is 5.22. The molecule has 2 aromatic rings. The van der Waals surface area contributed by atoms with E-state index in [9.17, 15) is 4.79 Å². The molecule has 0 atom stereocenters. The van der Waals surface area contributed by atoms with Crippen LogP contribution in [-0.2, 0) is 6.54 Å². The zero-order chi connectivity index (χ0) is 20.2. The Morgan fingerprint density at radius 3 is 2.83 bits per heavy atom. The molecule has 0 bridgehead atoms. The van der Waals surface area contributed by atoms with Gasteiger partial charge in [0.05, 0.1) is 6.10 Å². The maximum atomic E-state index is 12.0. The highest BCUT2D eigenvalue weighted by Crippen LogP contribution is 2.33. The fourth-order valence-corrected chi connectivity index (χ4v) is 4.08. The van der Waals surface area contributed by atoms with Crippen LogP contribution in [0.15, 0.2) is 29.0 Å². The Morgan fingerprint density at radius 1 is 1.34 bits per heavy atom. The van der Waals surface area contributed by atoms with Crippen LogP contribution in [0.2, 0.25) is 5.02 Å². The molecule has 1 aromatic carbocycles. The largest absolute Gasteiger partial charge is 0.490 e. The lowest BCUT2D eigenvalue weighted by molar-refractivity contribution is 0.0481. The van der Waals surface area contributed by atoms with Gasteiger partial charge in [0, 0.05) is 25.2 Å². The lowest BCUT2D eigenvalue weighted by Gasteiger charge is -2.37. The van der Waals surface area contributed by atoms with E-state index in [-0.39, 0.29) is 12.0 Å². The molecular formula is C20H25ClN4O4. The number of amides is 1. The monoisotopic (exact) mass is 420 g/mol. The van der Waals surface area contributed by atoms with Gasteiger partial charge in [-0.3, -0.25) is 4.90 Å². The average molecular weight is 421 g/mol. The number of carbonyl (C=O) groups is 1. The van der Waals surface area contributed by atoms with Crippen LogP contribution in [-0.4, -0.2) is 59.0 Å². The van der Waals surface area contributed by atoms with Gasteiger partial charge >= 0.3 is 6.09 Å². The molecule has 29 heavy (non-hydrogen) atoms. The molecule has 2 fully saturated rings. The maximum Gasteiger partial charge on any atom is 0.416 e. The fourth-order valence-electron chi connectivity index (χ4n) is 3.85. The van der Waals surface area contributed by atoms with E-state index in [0.29, 0.717) is 12.5 Å². The molecule has 1 aliphatic carbocycles. The van der Waals surface area contributed by atoms with Crippen LogP contribution in [0, 0.1) is 5.92 Å². The van der Waals surface area contributed by atoms with Crippen LogP contribution >= 0.6 is 11.6 Å². The summed E-state index contributed by atoms with van der Waals surface area (Å²) in [7, 11) is 1.70. The molecule has 8 nitrogen and oxygen atoms in total. The van der Waals surface area contributed by atoms with Gasteiger partial charge in [-0.15, -0.1) is 0 Å². The van der Waals surface area contributed by atoms with Crippen LogP contribution < -0.4 is 9.47 Å². The third-order valence-electron chi connectivity index (χ3n) is 5.49. The van der Waals surface area contributed by atoms with Gasteiger partial charge in [-0.2, -0.15) is 0 Å². The number of carbonyl (C=O) groups excluding carboxylic acids is 1. The zero-order valence-corrected chi connectivity index (χ0v) is 17.2. The predicted octanol–water partition coefficient (Wildman–Crippen LogP) is 3.61. The van der Waals surface area contributed by atoms with Gasteiger partial charge in [0.1, 0.15) is 11.9 Å². The van der Waals surface area contributed by atoms with Crippen molar-refractivity contribution in [2.75, 3.05) is 26.7 Å². The summed E-state index contributed by atoms with van der Waals surface area (Å²) in [4.78, 5) is 16.0. The topological polar surface area (TPSA) is 80.9 Å². The average Bonchev–Trinajstić information content (AvgIpc) is 3.36. The van der Waals surface area contributed by atoms with Gasteiger partial charge < -0.3 is 14.4 Å². The highest BCUT2D eigenvalue weighted by Gasteiger charge is 2.33. The summed E-state index contributed by atoms with van der Waals surface area (Å²) >= 11 is 6.46. The number of likely N-dealkylation sites (tertiary alicyclic amines) is 1. The summed E-state index contributed by atoms with van der Waals surface area (Å²) in [6.45, 7) is 3.79. The first-order chi connectivity index (χ1) is 14.1. The van der Waals surface area contributed by atoms with Crippen molar-refractivity contribution in [2.24, 2.45) is 5.92 Å². The number of aromatic nitrogens is 2. The zero-order valence-electron chi connectivity index (χ0n) is 16.4. The van der Waals surface area contributed by atoms with Gasteiger partial charge in [0.15, 0.2) is 0 Å².